The fraction of sp³-hybridized carbons (Fsp3) is 0.130. The smallest absolute Gasteiger partial charge is 0.269 e. The molecule has 33 heavy (non-hydrogen) atoms. The number of non-ortho nitro benzene ring substituents is 1. The lowest BCUT2D eigenvalue weighted by Gasteiger charge is -2.16. The molecule has 0 fully saturated rings. The Morgan fingerprint density at radius 1 is 1.15 bits per heavy atom. The molecule has 1 unspecified atom stereocenters. The molecule has 1 N–H and O–H groups in total. The third kappa shape index (κ3) is 4.75. The van der Waals surface area contributed by atoms with Crippen LogP contribution in [-0.2, 0) is 4.79 Å². The average molecular weight is 462 g/mol. The van der Waals surface area contributed by atoms with E-state index in [9.17, 15) is 19.7 Å². The minimum absolute atomic E-state index is 0.0644. The molecule has 0 aliphatic carbocycles. The molecule has 0 bridgehead atoms. The highest BCUT2D eigenvalue weighted by atomic mass is 32.2. The van der Waals surface area contributed by atoms with Crippen LogP contribution in [0.2, 0.25) is 0 Å². The van der Waals surface area contributed by atoms with E-state index in [1.54, 1.807) is 43.5 Å². The topological polar surface area (TPSA) is 120 Å². The summed E-state index contributed by atoms with van der Waals surface area (Å²) in [5.41, 5.74) is 1.55. The lowest BCUT2D eigenvalue weighted by atomic mass is 10.2. The van der Waals surface area contributed by atoms with Crippen LogP contribution in [0, 0.1) is 17.0 Å². The zero-order chi connectivity index (χ0) is 23.5. The van der Waals surface area contributed by atoms with Gasteiger partial charge < -0.3 is 5.32 Å². The van der Waals surface area contributed by atoms with E-state index in [0.717, 1.165) is 17.3 Å². The van der Waals surface area contributed by atoms with Crippen molar-refractivity contribution in [3.05, 3.63) is 92.9 Å². The van der Waals surface area contributed by atoms with Gasteiger partial charge in [0, 0.05) is 24.0 Å². The molecule has 0 saturated heterocycles. The van der Waals surface area contributed by atoms with Crippen molar-refractivity contribution in [1.82, 2.24) is 14.5 Å². The van der Waals surface area contributed by atoms with Gasteiger partial charge in [-0.2, -0.15) is 0 Å². The Bertz CT molecular complexity index is 1420. The standard InChI is InChI=1S/C23H19N5O4S/c1-14-11-12-24-20(13-14)27-22(30)18-5-3-4-6-19(18)26-23(27)33-15(2)21(29)25-16-7-9-17(10-8-16)28(31)32/h3-13,15H,1-2H3,(H,25,29). The number of nitro groups is 1. The Balaban J connectivity index is 1.67. The van der Waals surface area contributed by atoms with Gasteiger partial charge in [-0.15, -0.1) is 0 Å². The van der Waals surface area contributed by atoms with Gasteiger partial charge in [0.15, 0.2) is 5.16 Å². The van der Waals surface area contributed by atoms with E-state index in [1.165, 1.54) is 28.8 Å². The number of aryl methyl sites for hydroxylation is 1. The molecule has 0 radical (unpaired) electrons. The highest BCUT2D eigenvalue weighted by molar-refractivity contribution is 8.00. The molecule has 1 amide bonds. The van der Waals surface area contributed by atoms with Crippen LogP contribution in [0.4, 0.5) is 11.4 Å². The summed E-state index contributed by atoms with van der Waals surface area (Å²) >= 11 is 1.13. The second-order valence-corrected chi connectivity index (χ2v) is 8.60. The summed E-state index contributed by atoms with van der Waals surface area (Å²) in [6, 6.07) is 16.2. The number of hydrogen-bond acceptors (Lipinski definition) is 7. The highest BCUT2D eigenvalue weighted by Gasteiger charge is 2.21. The second-order valence-electron chi connectivity index (χ2n) is 7.30. The summed E-state index contributed by atoms with van der Waals surface area (Å²) < 4.78 is 1.41. The van der Waals surface area contributed by atoms with Gasteiger partial charge >= 0.3 is 0 Å². The van der Waals surface area contributed by atoms with Crippen LogP contribution in [-0.4, -0.2) is 30.6 Å². The first-order valence-electron chi connectivity index (χ1n) is 10.0. The molecular formula is C23H19N5O4S. The number of nitro benzene ring substituents is 1. The molecule has 0 aliphatic rings. The molecule has 2 heterocycles. The molecule has 0 spiro atoms. The van der Waals surface area contributed by atoms with Gasteiger partial charge in [-0.05, 0) is 55.8 Å². The van der Waals surface area contributed by atoms with E-state index in [2.05, 4.69) is 15.3 Å². The van der Waals surface area contributed by atoms with Gasteiger partial charge in [0.25, 0.3) is 11.2 Å². The molecule has 2 aromatic heterocycles. The minimum atomic E-state index is -0.621. The number of aromatic nitrogens is 3. The number of nitrogens with one attached hydrogen (secondary N) is 1. The average Bonchev–Trinajstić information content (AvgIpc) is 2.79. The fourth-order valence-corrected chi connectivity index (χ4v) is 4.07. The van der Waals surface area contributed by atoms with Crippen molar-refractivity contribution in [2.24, 2.45) is 0 Å². The Kier molecular flexibility index (Phi) is 6.18. The summed E-state index contributed by atoms with van der Waals surface area (Å²) in [7, 11) is 0. The van der Waals surface area contributed by atoms with E-state index >= 15 is 0 Å². The number of hydrogen-bond donors (Lipinski definition) is 1. The first-order valence-corrected chi connectivity index (χ1v) is 10.9. The zero-order valence-electron chi connectivity index (χ0n) is 17.8. The summed E-state index contributed by atoms with van der Waals surface area (Å²) in [6.45, 7) is 3.60. The number of pyridine rings is 1. The van der Waals surface area contributed by atoms with Crippen LogP contribution in [0.5, 0.6) is 0 Å². The summed E-state index contributed by atoms with van der Waals surface area (Å²) in [5.74, 6) is 0.0868. The highest BCUT2D eigenvalue weighted by Crippen LogP contribution is 2.26. The number of carbonyl (C=O) groups is 1. The van der Waals surface area contributed by atoms with E-state index in [0.29, 0.717) is 27.6 Å². The number of benzene rings is 2. The van der Waals surface area contributed by atoms with E-state index in [-0.39, 0.29) is 17.2 Å². The Hall–Kier alpha value is -4.05. The Morgan fingerprint density at radius 3 is 2.58 bits per heavy atom. The lowest BCUT2D eigenvalue weighted by molar-refractivity contribution is -0.384. The Morgan fingerprint density at radius 2 is 1.88 bits per heavy atom. The van der Waals surface area contributed by atoms with Crippen molar-refractivity contribution in [2.45, 2.75) is 24.3 Å². The molecule has 0 aliphatic heterocycles. The molecule has 1 atom stereocenters. The number of anilines is 1. The molecule has 9 nitrogen and oxygen atoms in total. The van der Waals surface area contributed by atoms with Crippen molar-refractivity contribution >= 4 is 39.9 Å². The summed E-state index contributed by atoms with van der Waals surface area (Å²) in [6.07, 6.45) is 1.62. The SMILES string of the molecule is Cc1ccnc(-n2c(SC(C)C(=O)Nc3ccc([N+](=O)[O-])cc3)nc3ccccc3c2=O)c1. The van der Waals surface area contributed by atoms with Gasteiger partial charge in [-0.25, -0.2) is 14.5 Å². The number of nitrogens with zero attached hydrogens (tertiary/aromatic N) is 4. The number of rotatable bonds is 6. The Labute approximate surface area is 192 Å². The number of amides is 1. The predicted octanol–water partition coefficient (Wildman–Crippen LogP) is 4.12. The largest absolute Gasteiger partial charge is 0.325 e. The van der Waals surface area contributed by atoms with Gasteiger partial charge in [-0.1, -0.05) is 23.9 Å². The van der Waals surface area contributed by atoms with Crippen molar-refractivity contribution in [2.75, 3.05) is 5.32 Å². The van der Waals surface area contributed by atoms with E-state index in [4.69, 9.17) is 0 Å². The van der Waals surface area contributed by atoms with Crippen LogP contribution in [0.15, 0.2) is 76.8 Å². The lowest BCUT2D eigenvalue weighted by Crippen LogP contribution is -2.26. The van der Waals surface area contributed by atoms with Crippen LogP contribution in [0.25, 0.3) is 16.7 Å². The maximum atomic E-state index is 13.3. The number of para-hydroxylation sites is 1. The normalized spacial score (nSPS) is 11.8. The molecule has 10 heteroatoms. The quantitative estimate of drug-likeness (QED) is 0.198. The first kappa shape index (κ1) is 22.2. The van der Waals surface area contributed by atoms with Crippen molar-refractivity contribution in [1.29, 1.82) is 0 Å². The van der Waals surface area contributed by atoms with Crippen LogP contribution in [0.1, 0.15) is 12.5 Å². The van der Waals surface area contributed by atoms with Gasteiger partial charge in [0.1, 0.15) is 5.82 Å². The maximum absolute atomic E-state index is 13.3. The number of carbonyl (C=O) groups excluding carboxylic acids is 1. The van der Waals surface area contributed by atoms with Crippen molar-refractivity contribution in [3.63, 3.8) is 0 Å². The van der Waals surface area contributed by atoms with Gasteiger partial charge in [0.05, 0.1) is 21.1 Å². The van der Waals surface area contributed by atoms with Gasteiger partial charge in [-0.3, -0.25) is 19.7 Å². The number of fused-ring (bicyclic) bond motifs is 1. The summed E-state index contributed by atoms with van der Waals surface area (Å²) in [4.78, 5) is 45.4. The molecule has 4 aromatic rings. The molecule has 166 valence electrons. The van der Waals surface area contributed by atoms with E-state index in [1.807, 2.05) is 13.0 Å². The molecule has 0 saturated carbocycles. The monoisotopic (exact) mass is 461 g/mol. The predicted molar refractivity (Wildman–Crippen MR) is 127 cm³/mol. The van der Waals surface area contributed by atoms with E-state index < -0.39 is 10.2 Å². The maximum Gasteiger partial charge on any atom is 0.269 e. The zero-order valence-corrected chi connectivity index (χ0v) is 18.6. The third-order valence-corrected chi connectivity index (χ3v) is 5.92. The second kappa shape index (κ2) is 9.21. The van der Waals surface area contributed by atoms with Crippen LogP contribution in [0.3, 0.4) is 0 Å². The summed E-state index contributed by atoms with van der Waals surface area (Å²) in [5, 5.41) is 13.7. The third-order valence-electron chi connectivity index (χ3n) is 4.87. The number of thioether (sulfide) groups is 1. The first-order chi connectivity index (χ1) is 15.8. The molecular weight excluding hydrogens is 442 g/mol. The van der Waals surface area contributed by atoms with Crippen LogP contribution < -0.4 is 10.9 Å². The van der Waals surface area contributed by atoms with Crippen molar-refractivity contribution < 1.29 is 9.72 Å². The van der Waals surface area contributed by atoms with Gasteiger partial charge in [0.2, 0.25) is 5.91 Å². The molecule has 2 aromatic carbocycles. The molecule has 4 rings (SSSR count). The minimum Gasteiger partial charge on any atom is -0.325 e. The van der Waals surface area contributed by atoms with Crippen LogP contribution >= 0.6 is 11.8 Å². The van der Waals surface area contributed by atoms with Crippen molar-refractivity contribution in [3.8, 4) is 5.82 Å². The fourth-order valence-electron chi connectivity index (χ4n) is 3.16.